The Bertz CT molecular complexity index is 2730. The molecule has 2 amide bonds. The smallest absolute Gasteiger partial charge is 0.464 e. The van der Waals surface area contributed by atoms with Crippen molar-refractivity contribution in [1.29, 1.82) is 0 Å². The zero-order valence-electron chi connectivity index (χ0n) is 36.1. The third-order valence-corrected chi connectivity index (χ3v) is 15.3. The van der Waals surface area contributed by atoms with E-state index in [9.17, 15) is 74.3 Å². The van der Waals surface area contributed by atoms with Gasteiger partial charge in [0.1, 0.15) is 0 Å². The van der Waals surface area contributed by atoms with E-state index in [1.807, 2.05) is 6.07 Å². The summed E-state index contributed by atoms with van der Waals surface area (Å²) in [5.41, 5.74) is 0.495. The summed E-state index contributed by atoms with van der Waals surface area (Å²) in [6.07, 6.45) is 7.28. The van der Waals surface area contributed by atoms with Gasteiger partial charge in [-0.15, -0.1) is 0 Å². The fourth-order valence-corrected chi connectivity index (χ4v) is 9.65. The van der Waals surface area contributed by atoms with Crippen LogP contribution < -0.4 is 10.6 Å². The highest BCUT2D eigenvalue weighted by atomic mass is 35.7. The van der Waals surface area contributed by atoms with Gasteiger partial charge < -0.3 is 20.1 Å². The van der Waals surface area contributed by atoms with E-state index in [0.717, 1.165) is 37.0 Å². The zero-order valence-corrected chi connectivity index (χ0v) is 41.6. The number of halogens is 8. The van der Waals surface area contributed by atoms with E-state index in [1.54, 1.807) is 24.3 Å². The third kappa shape index (κ3) is 16.5. The summed E-state index contributed by atoms with van der Waals surface area (Å²) in [5.74, 6) is -1.49. The Morgan fingerprint density at radius 2 is 1.04 bits per heavy atom. The van der Waals surface area contributed by atoms with Gasteiger partial charge in [0.05, 0.1) is 22.3 Å². The van der Waals surface area contributed by atoms with Gasteiger partial charge in [-0.3, -0.25) is 14.4 Å². The van der Waals surface area contributed by atoms with E-state index < -0.39 is 71.8 Å². The Labute approximate surface area is 403 Å². The molecule has 0 saturated heterocycles. The van der Waals surface area contributed by atoms with Crippen LogP contribution in [0.4, 0.5) is 27.1 Å². The van der Waals surface area contributed by atoms with Gasteiger partial charge in [-0.1, -0.05) is 22.1 Å². The van der Waals surface area contributed by atoms with Crippen molar-refractivity contribution in [3.63, 3.8) is 0 Å². The second-order valence-corrected chi connectivity index (χ2v) is 26.0. The van der Waals surface area contributed by atoms with Crippen LogP contribution in [0.3, 0.4) is 0 Å². The first-order valence-electron chi connectivity index (χ1n) is 19.6. The maximum atomic E-state index is 12.7. The second kappa shape index (κ2) is 22.3. The molecule has 4 aliphatic carbocycles. The molecule has 0 atom stereocenters. The molecule has 7 rings (SSSR count). The molecule has 378 valence electrons. The minimum atomic E-state index is -6.22. The quantitative estimate of drug-likeness (QED) is 0.105. The van der Waals surface area contributed by atoms with Crippen LogP contribution in [0.2, 0.25) is 0 Å². The van der Waals surface area contributed by atoms with Crippen molar-refractivity contribution in [1.82, 2.24) is 5.32 Å². The first kappa shape index (κ1) is 58.2. The van der Waals surface area contributed by atoms with Gasteiger partial charge in [0.2, 0.25) is 0 Å². The minimum absolute atomic E-state index is 0.0190. The molecule has 0 heterocycles. The van der Waals surface area contributed by atoms with Crippen LogP contribution in [0, 0.1) is 23.2 Å². The van der Waals surface area contributed by atoms with Gasteiger partial charge in [-0.05, 0) is 138 Å². The topological polar surface area (TPSA) is 247 Å². The van der Waals surface area contributed by atoms with Gasteiger partial charge in [0.15, 0.2) is 6.61 Å². The van der Waals surface area contributed by atoms with Gasteiger partial charge in [0, 0.05) is 54.4 Å². The van der Waals surface area contributed by atoms with Gasteiger partial charge >= 0.3 is 41.7 Å². The average Bonchev–Trinajstić information content (AvgIpc) is 3.21. The van der Waals surface area contributed by atoms with Crippen molar-refractivity contribution in [3.8, 4) is 0 Å². The molecule has 3 aromatic rings. The van der Waals surface area contributed by atoms with E-state index in [4.69, 9.17) is 21.4 Å². The molecule has 16 nitrogen and oxygen atoms in total. The van der Waals surface area contributed by atoms with Crippen LogP contribution in [0.5, 0.6) is 0 Å². The molecule has 4 saturated carbocycles. The number of alkyl halides is 4. The molecular formula is C40H44Cl3F5N2O14S4. The number of para-hydroxylation sites is 1. The van der Waals surface area contributed by atoms with Crippen LogP contribution in [0.15, 0.2) is 88.7 Å². The summed E-state index contributed by atoms with van der Waals surface area (Å²) in [6, 6.07) is 20.2. The lowest BCUT2D eigenvalue weighted by molar-refractivity contribution is -0.158. The highest BCUT2D eigenvalue weighted by Gasteiger charge is 2.55. The molecule has 4 aliphatic rings. The first-order valence-corrected chi connectivity index (χ1v) is 27.9. The number of methoxy groups -OCH3 is 1. The minimum Gasteiger partial charge on any atom is -0.464 e. The summed E-state index contributed by atoms with van der Waals surface area (Å²) in [7, 11) is -3.35. The van der Waals surface area contributed by atoms with Crippen LogP contribution in [0.1, 0.15) is 80.0 Å². The summed E-state index contributed by atoms with van der Waals surface area (Å²) < 4.78 is 153. The van der Waals surface area contributed by atoms with Crippen LogP contribution in [0.25, 0.3) is 0 Å². The van der Waals surface area contributed by atoms with Crippen molar-refractivity contribution in [3.05, 3.63) is 90.0 Å². The number of ether oxygens (including phenoxy) is 2. The number of hydrogen-bond acceptors (Lipinski definition) is 14. The summed E-state index contributed by atoms with van der Waals surface area (Å²) >= 11 is 0. The first-order chi connectivity index (χ1) is 30.9. The molecule has 0 spiro atoms. The largest absolute Gasteiger partial charge is 0.470 e. The Morgan fingerprint density at radius 3 is 1.37 bits per heavy atom. The summed E-state index contributed by atoms with van der Waals surface area (Å²) in [4.78, 5) is 45.4. The van der Waals surface area contributed by atoms with Crippen LogP contribution in [-0.2, 0) is 56.4 Å². The molecule has 4 fully saturated rings. The number of benzene rings is 3. The van der Waals surface area contributed by atoms with Gasteiger partial charge in [-0.2, -0.15) is 26.0 Å². The van der Waals surface area contributed by atoms with Crippen molar-refractivity contribution < 1.29 is 83.8 Å². The highest BCUT2D eigenvalue weighted by Crippen LogP contribution is 2.55. The van der Waals surface area contributed by atoms with Crippen molar-refractivity contribution in [2.45, 2.75) is 85.1 Å². The van der Waals surface area contributed by atoms with Crippen molar-refractivity contribution in [2.75, 3.05) is 19.0 Å². The number of anilines is 1. The fourth-order valence-electron chi connectivity index (χ4n) is 7.49. The molecule has 0 radical (unpaired) electrons. The second-order valence-electron chi connectivity index (χ2n) is 16.7. The summed E-state index contributed by atoms with van der Waals surface area (Å²) in [5, 5.41) is -3.41. The number of carbonyl (C=O) groups excluding carboxylic acids is 4. The van der Waals surface area contributed by atoms with E-state index >= 15 is 0 Å². The summed E-state index contributed by atoms with van der Waals surface area (Å²) in [6.45, 7) is 2.77. The molecule has 68 heavy (non-hydrogen) atoms. The van der Waals surface area contributed by atoms with E-state index in [2.05, 4.69) is 30.8 Å². The maximum Gasteiger partial charge on any atom is 0.470 e. The van der Waals surface area contributed by atoms with Crippen molar-refractivity contribution in [2.24, 2.45) is 23.2 Å². The maximum absolute atomic E-state index is 12.7. The predicted octanol–water partition coefficient (Wildman–Crippen LogP) is 7.97. The number of carbonyl (C=O) groups is 4. The molecular weight excluding hydrogens is 1060 g/mol. The number of rotatable bonds is 11. The Balaban J connectivity index is 0.000000249. The fraction of sp³-hybridized carbons (Fsp3) is 0.450. The average molecular weight is 1110 g/mol. The third-order valence-electron chi connectivity index (χ3n) is 10.3. The monoisotopic (exact) mass is 1100 g/mol. The molecule has 0 aromatic heterocycles. The molecule has 28 heteroatoms. The lowest BCUT2D eigenvalue weighted by Crippen LogP contribution is -2.59. The molecule has 3 aromatic carbocycles. The Hall–Kier alpha value is -4.14. The van der Waals surface area contributed by atoms with Crippen LogP contribution >= 0.6 is 32.0 Å². The molecule has 4 bridgehead atoms. The lowest BCUT2D eigenvalue weighted by Gasteiger charge is -2.56. The van der Waals surface area contributed by atoms with E-state index in [0.29, 0.717) is 23.9 Å². The SMILES string of the molecule is CC(C)(C)C(=O)OCC(F)(F)S(=O)(=O)Cl.COC(=O)C(F)(F)S(=O)(=O)F.O=C(NC12CC3CC(CC(C3)C1)C2)c1ccc(S(=O)(=O)Cl)cc1.O=C(Nc1ccccc1)c1ccc(S(=O)(=O)Cl)cc1. The zero-order chi connectivity index (χ0) is 51.9. The molecule has 2 N–H and O–H groups in total. The van der Waals surface area contributed by atoms with Crippen molar-refractivity contribution >= 4 is 98.9 Å². The highest BCUT2D eigenvalue weighted by molar-refractivity contribution is 8.14. The Kier molecular flexibility index (Phi) is 19.1. The standard InChI is InChI=1S/C17H20ClNO3S.C13H10ClNO3S.C7H11ClF2O4S.C3H3F3O4S/c18-23(21,22)15-3-1-14(2-4-15)16(20)19-17-8-11-5-12(9-17)7-13(6-11)10-17;14-19(17,18)12-8-6-10(7-9-12)13(16)15-11-4-2-1-3-5-11;1-6(2,3)5(11)14-4-7(9,10)15(8,12)13;1-10-2(7)3(4,5)11(6,8)9/h1-4,11-13H,5-10H2,(H,19,20);1-9H,(H,15,16);4H2,1-3H3;1H3. The van der Waals surface area contributed by atoms with Gasteiger partial charge in [-0.25, -0.2) is 30.0 Å². The van der Waals surface area contributed by atoms with Crippen LogP contribution in [-0.4, -0.2) is 87.2 Å². The number of amides is 2. The number of esters is 2. The Morgan fingerprint density at radius 1 is 0.647 bits per heavy atom. The lowest BCUT2D eigenvalue weighted by atomic mass is 9.53. The predicted molar refractivity (Wildman–Crippen MR) is 239 cm³/mol. The molecule has 0 unspecified atom stereocenters. The van der Waals surface area contributed by atoms with Gasteiger partial charge in [0.25, 0.3) is 29.9 Å². The normalized spacial score (nSPS) is 20.1. The molecule has 0 aliphatic heterocycles. The van der Waals surface area contributed by atoms with E-state index in [1.165, 1.54) is 88.6 Å². The van der Waals surface area contributed by atoms with E-state index in [-0.39, 0.29) is 27.1 Å². The number of hydrogen-bond donors (Lipinski definition) is 2. The number of nitrogens with one attached hydrogen (secondary N) is 2.